The van der Waals surface area contributed by atoms with Crippen LogP contribution in [0.1, 0.15) is 5.76 Å². The fourth-order valence-corrected chi connectivity index (χ4v) is 0.713. The molecule has 0 amide bonds. The zero-order chi connectivity index (χ0) is 8.97. The number of aliphatic carboxylic acids is 1. The van der Waals surface area contributed by atoms with Gasteiger partial charge in [0.05, 0.1) is 0 Å². The number of carbonyl (C=O) groups is 2. The zero-order valence-electron chi connectivity index (χ0n) is 6.02. The third-order valence-corrected chi connectivity index (χ3v) is 1.13. The van der Waals surface area contributed by atoms with E-state index in [9.17, 15) is 9.59 Å². The number of furan rings is 1. The van der Waals surface area contributed by atoms with Crippen molar-refractivity contribution in [3.8, 4) is 5.95 Å². The van der Waals surface area contributed by atoms with E-state index in [1.807, 2.05) is 0 Å². The Morgan fingerprint density at radius 3 is 3.00 bits per heavy atom. The molecule has 0 aliphatic rings. The fourth-order valence-electron chi connectivity index (χ4n) is 0.713. The Morgan fingerprint density at radius 1 is 1.67 bits per heavy atom. The molecule has 1 rings (SSSR count). The Hall–Kier alpha value is -1.78. The lowest BCUT2D eigenvalue weighted by molar-refractivity contribution is -0.136. The van der Waals surface area contributed by atoms with Crippen molar-refractivity contribution in [3.63, 3.8) is 0 Å². The van der Waals surface area contributed by atoms with Gasteiger partial charge in [-0.25, -0.2) is 0 Å². The van der Waals surface area contributed by atoms with E-state index in [0.717, 1.165) is 0 Å². The molecule has 1 N–H and O–H groups in total. The molecule has 0 spiro atoms. The predicted molar refractivity (Wildman–Crippen MR) is 36.7 cm³/mol. The normalized spacial score (nSPS) is 9.33. The van der Waals surface area contributed by atoms with Crippen LogP contribution in [0.5, 0.6) is 5.95 Å². The van der Waals surface area contributed by atoms with Gasteiger partial charge in [0.1, 0.15) is 12.2 Å². The number of carbonyl (C=O) groups excluding carboxylic acids is 1. The van der Waals surface area contributed by atoms with Crippen LogP contribution in [-0.4, -0.2) is 17.5 Å². The minimum atomic E-state index is -0.998. The largest absolute Gasteiger partial charge is 0.481 e. The molecule has 0 atom stereocenters. The van der Waals surface area contributed by atoms with Crippen molar-refractivity contribution < 1.29 is 23.8 Å². The molecule has 0 aliphatic carbocycles. The van der Waals surface area contributed by atoms with Crippen LogP contribution < -0.4 is 4.74 Å². The molecule has 12 heavy (non-hydrogen) atoms. The van der Waals surface area contributed by atoms with Crippen molar-refractivity contribution in [3.05, 3.63) is 17.9 Å². The Balaban J connectivity index is 2.63. The highest BCUT2D eigenvalue weighted by Gasteiger charge is 2.06. The minimum Gasteiger partial charge on any atom is -0.481 e. The van der Waals surface area contributed by atoms with E-state index in [2.05, 4.69) is 4.74 Å². The van der Waals surface area contributed by atoms with E-state index in [-0.39, 0.29) is 24.6 Å². The third-order valence-electron chi connectivity index (χ3n) is 1.13. The molecule has 1 aromatic heterocycles. The first-order valence-electron chi connectivity index (χ1n) is 3.13. The average molecular weight is 170 g/mol. The van der Waals surface area contributed by atoms with Gasteiger partial charge in [-0.15, -0.1) is 0 Å². The van der Waals surface area contributed by atoms with Gasteiger partial charge < -0.3 is 14.3 Å². The van der Waals surface area contributed by atoms with E-state index in [1.54, 1.807) is 0 Å². The molecule has 0 radical (unpaired) electrons. The Bertz CT molecular complexity index is 288. The third kappa shape index (κ3) is 2.12. The van der Waals surface area contributed by atoms with Gasteiger partial charge in [0.2, 0.25) is 0 Å². The second-order valence-electron chi connectivity index (χ2n) is 2.01. The Morgan fingerprint density at radius 2 is 2.42 bits per heavy atom. The van der Waals surface area contributed by atoms with Crippen molar-refractivity contribution in [1.82, 2.24) is 0 Å². The fraction of sp³-hybridized carbons (Fsp3) is 0.143. The molecule has 0 bridgehead atoms. The van der Waals surface area contributed by atoms with E-state index in [4.69, 9.17) is 9.52 Å². The van der Waals surface area contributed by atoms with E-state index in [0.29, 0.717) is 0 Å². The van der Waals surface area contributed by atoms with Crippen molar-refractivity contribution in [2.45, 2.75) is 6.42 Å². The van der Waals surface area contributed by atoms with Crippen LogP contribution in [0.4, 0.5) is 0 Å². The number of hydrogen-bond acceptors (Lipinski definition) is 4. The van der Waals surface area contributed by atoms with E-state index < -0.39 is 5.97 Å². The minimum absolute atomic E-state index is 0.00116. The number of rotatable bonds is 4. The summed E-state index contributed by atoms with van der Waals surface area (Å²) >= 11 is 0. The van der Waals surface area contributed by atoms with Crippen LogP contribution >= 0.6 is 0 Å². The van der Waals surface area contributed by atoms with Crippen LogP contribution in [0, 0.1) is 0 Å². The Kier molecular flexibility index (Phi) is 2.47. The van der Waals surface area contributed by atoms with Gasteiger partial charge in [0, 0.05) is 6.07 Å². The van der Waals surface area contributed by atoms with Gasteiger partial charge in [-0.3, -0.25) is 9.59 Å². The molecule has 0 saturated carbocycles. The van der Waals surface area contributed by atoms with Crippen LogP contribution in [-0.2, 0) is 16.0 Å². The molecule has 5 nitrogen and oxygen atoms in total. The van der Waals surface area contributed by atoms with Crippen molar-refractivity contribution >= 4 is 12.4 Å². The summed E-state index contributed by atoms with van der Waals surface area (Å²) in [6, 6.07) is 2.82. The van der Waals surface area contributed by atoms with E-state index in [1.165, 1.54) is 12.1 Å². The first-order valence-corrected chi connectivity index (χ1v) is 3.13. The van der Waals surface area contributed by atoms with Gasteiger partial charge in [-0.05, 0) is 6.07 Å². The molecule has 0 unspecified atom stereocenters. The lowest BCUT2D eigenvalue weighted by atomic mass is 10.3. The van der Waals surface area contributed by atoms with Crippen molar-refractivity contribution in [2.24, 2.45) is 0 Å². The van der Waals surface area contributed by atoms with Crippen LogP contribution in [0.2, 0.25) is 0 Å². The van der Waals surface area contributed by atoms with Gasteiger partial charge in [-0.2, -0.15) is 0 Å². The molecule has 0 fully saturated rings. The molecule has 64 valence electrons. The average Bonchev–Trinajstić information content (AvgIpc) is 2.36. The highest BCUT2D eigenvalue weighted by Crippen LogP contribution is 2.15. The van der Waals surface area contributed by atoms with Gasteiger partial charge in [0.15, 0.2) is 0 Å². The quantitative estimate of drug-likeness (QED) is 0.663. The molecular formula is C7H6O5. The number of carboxylic acids is 1. The van der Waals surface area contributed by atoms with Gasteiger partial charge in [-0.1, -0.05) is 0 Å². The molecular weight excluding hydrogens is 164 g/mol. The highest BCUT2D eigenvalue weighted by atomic mass is 16.6. The highest BCUT2D eigenvalue weighted by molar-refractivity contribution is 5.69. The van der Waals surface area contributed by atoms with Gasteiger partial charge >= 0.3 is 12.4 Å². The summed E-state index contributed by atoms with van der Waals surface area (Å²) in [5, 5.41) is 8.34. The first-order chi connectivity index (χ1) is 5.72. The molecule has 0 aliphatic heterocycles. The summed E-state index contributed by atoms with van der Waals surface area (Å²) in [4.78, 5) is 20.0. The number of carboxylic acid groups (broad SMARTS) is 1. The van der Waals surface area contributed by atoms with Gasteiger partial charge in [0.25, 0.3) is 5.95 Å². The zero-order valence-corrected chi connectivity index (χ0v) is 6.02. The summed E-state index contributed by atoms with van der Waals surface area (Å²) in [5.41, 5.74) is 0. The number of ether oxygens (including phenoxy) is 1. The lowest BCUT2D eigenvalue weighted by Gasteiger charge is -1.89. The summed E-state index contributed by atoms with van der Waals surface area (Å²) in [5.74, 6) is -0.748. The summed E-state index contributed by atoms with van der Waals surface area (Å²) < 4.78 is 9.13. The summed E-state index contributed by atoms with van der Waals surface area (Å²) in [6.45, 7) is 0.212. The molecule has 0 aromatic carbocycles. The molecule has 1 heterocycles. The maximum atomic E-state index is 10.2. The lowest BCUT2D eigenvalue weighted by Crippen LogP contribution is -1.97. The molecule has 5 heteroatoms. The SMILES string of the molecule is O=COc1ccc(CC(=O)O)o1. The second-order valence-corrected chi connectivity index (χ2v) is 2.01. The Labute approximate surface area is 67.6 Å². The maximum Gasteiger partial charge on any atom is 0.311 e. The smallest absolute Gasteiger partial charge is 0.311 e. The standard InChI is InChI=1S/C7H6O5/c8-4-11-7-2-1-5(12-7)3-6(9)10/h1-2,4H,3H2,(H,9,10). The maximum absolute atomic E-state index is 10.2. The van der Waals surface area contributed by atoms with Crippen LogP contribution in [0.3, 0.4) is 0 Å². The number of hydrogen-bond donors (Lipinski definition) is 1. The van der Waals surface area contributed by atoms with Crippen LogP contribution in [0.25, 0.3) is 0 Å². The van der Waals surface area contributed by atoms with Crippen LogP contribution in [0.15, 0.2) is 16.5 Å². The molecule has 1 aromatic rings. The predicted octanol–water partition coefficient (Wildman–Crippen LogP) is 0.442. The monoisotopic (exact) mass is 170 g/mol. The summed E-state index contributed by atoms with van der Waals surface area (Å²) in [6.07, 6.45) is -0.220. The second kappa shape index (κ2) is 3.56. The summed E-state index contributed by atoms with van der Waals surface area (Å²) in [7, 11) is 0. The molecule has 0 saturated heterocycles. The first kappa shape index (κ1) is 8.32. The van der Waals surface area contributed by atoms with E-state index >= 15 is 0 Å². The van der Waals surface area contributed by atoms with Crippen molar-refractivity contribution in [1.29, 1.82) is 0 Å². The topological polar surface area (TPSA) is 76.7 Å². The van der Waals surface area contributed by atoms with Crippen molar-refractivity contribution in [2.75, 3.05) is 0 Å².